The fourth-order valence-corrected chi connectivity index (χ4v) is 0.292. The van der Waals surface area contributed by atoms with E-state index < -0.39 is 11.0 Å². The van der Waals surface area contributed by atoms with Crippen molar-refractivity contribution in [2.24, 2.45) is 0 Å². The van der Waals surface area contributed by atoms with Gasteiger partial charge < -0.3 is 5.21 Å². The van der Waals surface area contributed by atoms with E-state index >= 15 is 0 Å². The zero-order chi connectivity index (χ0) is 7.49. The van der Waals surface area contributed by atoms with Crippen molar-refractivity contribution in [3.8, 4) is 0 Å². The average molecular weight is 135 g/mol. The first-order valence-electron chi connectivity index (χ1n) is 2.72. The fourth-order valence-electron chi connectivity index (χ4n) is 0.292. The summed E-state index contributed by atoms with van der Waals surface area (Å²) < 4.78 is 0. The molecule has 0 aromatic heterocycles. The van der Waals surface area contributed by atoms with Gasteiger partial charge in [0.2, 0.25) is 0 Å². The van der Waals surface area contributed by atoms with Gasteiger partial charge in [-0.1, -0.05) is 5.39 Å². The maximum atomic E-state index is 10.4. The van der Waals surface area contributed by atoms with Gasteiger partial charge in [-0.25, -0.2) is 0 Å². The molecule has 0 rings (SSSR count). The first-order chi connectivity index (χ1) is 3.95. The van der Waals surface area contributed by atoms with Crippen LogP contribution in [-0.4, -0.2) is 12.7 Å². The Labute approximate surface area is 54.8 Å². The van der Waals surface area contributed by atoms with E-state index in [1.807, 2.05) is 0 Å². The molecular formula is C5H13NO3. The minimum absolute atomic E-state index is 0.451. The Balaban J connectivity index is 3.47. The molecule has 0 fully saturated rings. The maximum absolute atomic E-state index is 10.4. The highest BCUT2D eigenvalue weighted by Crippen LogP contribution is 2.00. The smallest absolute Gasteiger partial charge is 0.123 e. The molecule has 0 aliphatic rings. The van der Waals surface area contributed by atoms with Crippen LogP contribution in [0.1, 0.15) is 20.8 Å². The van der Waals surface area contributed by atoms with Crippen molar-refractivity contribution >= 4 is 0 Å². The number of hydrogen-bond donors (Lipinski definition) is 1. The van der Waals surface area contributed by atoms with E-state index in [2.05, 4.69) is 4.84 Å². The van der Waals surface area contributed by atoms with Gasteiger partial charge in [0.15, 0.2) is 0 Å². The predicted molar refractivity (Wildman–Crippen MR) is 32.2 cm³/mol. The van der Waals surface area contributed by atoms with Crippen LogP contribution in [0.25, 0.3) is 0 Å². The van der Waals surface area contributed by atoms with Crippen LogP contribution in [0.4, 0.5) is 0 Å². The van der Waals surface area contributed by atoms with Gasteiger partial charge in [-0.2, -0.15) is 9.68 Å². The van der Waals surface area contributed by atoms with Gasteiger partial charge in [-0.15, -0.1) is 0 Å². The summed E-state index contributed by atoms with van der Waals surface area (Å²) in [5.74, 6) is 0. The fraction of sp³-hybridized carbons (Fsp3) is 1.00. The van der Waals surface area contributed by atoms with Crippen molar-refractivity contribution in [2.75, 3.05) is 7.11 Å². The van der Waals surface area contributed by atoms with Gasteiger partial charge in [-0.3, -0.25) is 0 Å². The Morgan fingerprint density at radius 2 is 1.78 bits per heavy atom. The van der Waals surface area contributed by atoms with Gasteiger partial charge in [0.1, 0.15) is 5.60 Å². The highest BCUT2D eigenvalue weighted by atomic mass is 17.1. The molecule has 0 saturated carbocycles. The second-order valence-corrected chi connectivity index (χ2v) is 2.67. The molecule has 0 spiro atoms. The molecule has 9 heavy (non-hydrogen) atoms. The van der Waals surface area contributed by atoms with Crippen LogP contribution in [-0.2, 0) is 9.68 Å². The molecule has 0 aromatic carbocycles. The molecule has 4 heteroatoms. The molecule has 0 amide bonds. The molecule has 0 aliphatic carbocycles. The molecule has 4 nitrogen and oxygen atoms in total. The van der Waals surface area contributed by atoms with Crippen molar-refractivity contribution in [1.82, 2.24) is 0 Å². The van der Waals surface area contributed by atoms with E-state index in [1.54, 1.807) is 20.8 Å². The molecule has 0 aliphatic heterocycles. The standard InChI is InChI=1S/C5H13NO3/c1-5(2,3)9-6(7)8-4/h6H,1-4H3. The Morgan fingerprint density at radius 1 is 1.33 bits per heavy atom. The van der Waals surface area contributed by atoms with Crippen LogP contribution in [0.3, 0.4) is 0 Å². The van der Waals surface area contributed by atoms with Crippen molar-refractivity contribution < 1.29 is 15.1 Å². The third-order valence-electron chi connectivity index (χ3n) is 0.556. The largest absolute Gasteiger partial charge is 0.566 e. The minimum atomic E-state index is -0.637. The third kappa shape index (κ3) is 5.72. The lowest BCUT2D eigenvalue weighted by atomic mass is 10.2. The van der Waals surface area contributed by atoms with Gasteiger partial charge >= 0.3 is 0 Å². The van der Waals surface area contributed by atoms with E-state index in [0.717, 1.165) is 0 Å². The molecular weight excluding hydrogens is 122 g/mol. The summed E-state index contributed by atoms with van der Waals surface area (Å²) in [4.78, 5) is 8.99. The summed E-state index contributed by atoms with van der Waals surface area (Å²) in [7, 11) is 1.29. The van der Waals surface area contributed by atoms with Crippen LogP contribution in [0, 0.1) is 5.21 Å². The molecule has 0 saturated heterocycles. The van der Waals surface area contributed by atoms with E-state index in [9.17, 15) is 5.21 Å². The highest BCUT2D eigenvalue weighted by Gasteiger charge is 2.15. The topological polar surface area (TPSA) is 46.0 Å². The molecule has 0 radical (unpaired) electrons. The summed E-state index contributed by atoms with van der Waals surface area (Å²) in [6, 6.07) is 0. The number of hydrogen-bond acceptors (Lipinski definition) is 3. The average Bonchev–Trinajstić information content (AvgIpc) is 1.62. The van der Waals surface area contributed by atoms with Crippen molar-refractivity contribution in [3.63, 3.8) is 0 Å². The Morgan fingerprint density at radius 3 is 1.89 bits per heavy atom. The molecule has 0 bridgehead atoms. The number of rotatable bonds is 2. The van der Waals surface area contributed by atoms with Crippen molar-refractivity contribution in [1.29, 1.82) is 0 Å². The van der Waals surface area contributed by atoms with Gasteiger partial charge in [-0.05, 0) is 20.8 Å². The molecule has 1 atom stereocenters. The van der Waals surface area contributed by atoms with Crippen LogP contribution in [0.5, 0.6) is 0 Å². The Bertz CT molecular complexity index is 78.8. The van der Waals surface area contributed by atoms with E-state index in [4.69, 9.17) is 4.84 Å². The molecule has 0 aromatic rings. The van der Waals surface area contributed by atoms with Crippen LogP contribution < -0.4 is 5.39 Å². The lowest BCUT2D eigenvalue weighted by Gasteiger charge is -2.23. The summed E-state index contributed by atoms with van der Waals surface area (Å²) in [6.45, 7) is 5.35. The van der Waals surface area contributed by atoms with E-state index in [-0.39, 0.29) is 0 Å². The Kier molecular flexibility index (Phi) is 3.07. The number of quaternary nitrogens is 1. The zero-order valence-electron chi connectivity index (χ0n) is 6.22. The van der Waals surface area contributed by atoms with Crippen LogP contribution in [0.15, 0.2) is 0 Å². The predicted octanol–water partition coefficient (Wildman–Crippen LogP) is -0.339. The quantitative estimate of drug-likeness (QED) is 0.527. The minimum Gasteiger partial charge on any atom is -0.566 e. The third-order valence-corrected chi connectivity index (χ3v) is 0.556. The lowest BCUT2D eigenvalue weighted by Crippen LogP contribution is -3.06. The van der Waals surface area contributed by atoms with E-state index in [1.165, 1.54) is 7.11 Å². The first-order valence-corrected chi connectivity index (χ1v) is 2.72. The second kappa shape index (κ2) is 3.12. The molecule has 1 N–H and O–H groups in total. The zero-order valence-corrected chi connectivity index (χ0v) is 6.22. The normalized spacial score (nSPS) is 15.7. The van der Waals surface area contributed by atoms with Gasteiger partial charge in [0, 0.05) is 0 Å². The monoisotopic (exact) mass is 135 g/mol. The summed E-state index contributed by atoms with van der Waals surface area (Å²) in [5, 5.41) is 9.75. The van der Waals surface area contributed by atoms with Crippen molar-refractivity contribution in [3.05, 3.63) is 5.21 Å². The maximum Gasteiger partial charge on any atom is 0.123 e. The first kappa shape index (κ1) is 8.84. The summed E-state index contributed by atoms with van der Waals surface area (Å²) in [6.07, 6.45) is 0. The Hall–Kier alpha value is -0.160. The highest BCUT2D eigenvalue weighted by molar-refractivity contribution is 4.53. The van der Waals surface area contributed by atoms with E-state index in [0.29, 0.717) is 0 Å². The second-order valence-electron chi connectivity index (χ2n) is 2.67. The summed E-state index contributed by atoms with van der Waals surface area (Å²) >= 11 is 0. The van der Waals surface area contributed by atoms with Crippen molar-refractivity contribution in [2.45, 2.75) is 26.4 Å². The molecule has 1 unspecified atom stereocenters. The molecule has 56 valence electrons. The van der Waals surface area contributed by atoms with Crippen LogP contribution in [0.2, 0.25) is 0 Å². The molecule has 0 heterocycles. The van der Waals surface area contributed by atoms with Crippen LogP contribution >= 0.6 is 0 Å². The SMILES string of the molecule is CO[NH+]([O-])OC(C)(C)C. The summed E-state index contributed by atoms with van der Waals surface area (Å²) in [5.41, 5.74) is -0.451. The lowest BCUT2D eigenvalue weighted by molar-refractivity contribution is -1.21. The number of nitrogens with one attached hydrogen (secondary N) is 1. The van der Waals surface area contributed by atoms with Gasteiger partial charge in [0.25, 0.3) is 0 Å². The van der Waals surface area contributed by atoms with Gasteiger partial charge in [0.05, 0.1) is 7.11 Å².